The molecule has 2 aromatic rings. The molecule has 0 unspecified atom stereocenters. The number of nitrogens with zero attached hydrogens (tertiary/aromatic N) is 3. The molecule has 0 bridgehead atoms. The quantitative estimate of drug-likeness (QED) is 0.853. The molecule has 5 nitrogen and oxygen atoms in total. The molecule has 1 spiro atoms. The average Bonchev–Trinajstić information content (AvgIpc) is 2.95. The number of piperidine rings is 1. The van der Waals surface area contributed by atoms with Gasteiger partial charge in [-0.2, -0.15) is 0 Å². The Kier molecular flexibility index (Phi) is 3.90. The normalized spacial score (nSPS) is 19.0. The van der Waals surface area contributed by atoms with Crippen LogP contribution < -0.4 is 10.5 Å². The van der Waals surface area contributed by atoms with Crippen LogP contribution in [-0.4, -0.2) is 28.0 Å². The van der Waals surface area contributed by atoms with Crippen molar-refractivity contribution in [3.8, 4) is 0 Å². The fraction of sp³-hybridized carbons (Fsp3) is 0.550. The molecule has 1 aliphatic heterocycles. The maximum atomic E-state index is 14.1. The molecule has 2 aromatic heterocycles. The van der Waals surface area contributed by atoms with E-state index in [0.717, 1.165) is 55.9 Å². The highest BCUT2D eigenvalue weighted by molar-refractivity contribution is 5.48. The third kappa shape index (κ3) is 2.72. The molecule has 0 radical (unpaired) electrons. The molecule has 138 valence electrons. The molecule has 4 rings (SSSR count). The highest BCUT2D eigenvalue weighted by Crippen LogP contribution is 2.45. The Balaban J connectivity index is 1.65. The minimum absolute atomic E-state index is 0.0133. The van der Waals surface area contributed by atoms with E-state index < -0.39 is 0 Å². The molecule has 6 heteroatoms. The van der Waals surface area contributed by atoms with Crippen LogP contribution in [0.1, 0.15) is 57.1 Å². The Morgan fingerprint density at radius 1 is 1.23 bits per heavy atom. The van der Waals surface area contributed by atoms with E-state index in [1.165, 1.54) is 6.20 Å². The van der Waals surface area contributed by atoms with Crippen molar-refractivity contribution in [1.29, 1.82) is 0 Å². The van der Waals surface area contributed by atoms with E-state index >= 15 is 0 Å². The van der Waals surface area contributed by atoms with Gasteiger partial charge in [0.1, 0.15) is 5.82 Å². The minimum Gasteiger partial charge on any atom is -0.369 e. The number of pyridine rings is 1. The van der Waals surface area contributed by atoms with Gasteiger partial charge in [0.25, 0.3) is 5.56 Å². The average molecular weight is 356 g/mol. The number of aromatic amines is 1. The molecule has 1 fully saturated rings. The highest BCUT2D eigenvalue weighted by Gasteiger charge is 2.44. The SMILES string of the molecule is CC(C)(C)c1nc2c(c(=O)[nH]1)CCC21CCN(c2ccncc2F)CC1. The third-order valence-corrected chi connectivity index (χ3v) is 5.89. The molecular formula is C20H25FN4O. The van der Waals surface area contributed by atoms with Gasteiger partial charge in [-0.25, -0.2) is 9.37 Å². The van der Waals surface area contributed by atoms with Gasteiger partial charge in [0.15, 0.2) is 5.82 Å². The molecule has 1 N–H and O–H groups in total. The number of hydrogen-bond donors (Lipinski definition) is 1. The number of rotatable bonds is 1. The van der Waals surface area contributed by atoms with Crippen LogP contribution in [0.2, 0.25) is 0 Å². The topological polar surface area (TPSA) is 61.9 Å². The molecule has 2 aliphatic rings. The van der Waals surface area contributed by atoms with Crippen molar-refractivity contribution in [2.24, 2.45) is 0 Å². The minimum atomic E-state index is -0.278. The van der Waals surface area contributed by atoms with E-state index in [-0.39, 0.29) is 22.2 Å². The first-order chi connectivity index (χ1) is 12.3. The molecule has 0 amide bonds. The Morgan fingerprint density at radius 3 is 2.62 bits per heavy atom. The summed E-state index contributed by atoms with van der Waals surface area (Å²) in [6, 6.07) is 1.73. The van der Waals surface area contributed by atoms with Gasteiger partial charge >= 0.3 is 0 Å². The van der Waals surface area contributed by atoms with Crippen molar-refractivity contribution >= 4 is 5.69 Å². The van der Waals surface area contributed by atoms with E-state index in [1.807, 2.05) is 0 Å². The standard InChI is InChI=1S/C20H25FN4O/c1-19(2,3)18-23-16-13(17(26)24-18)4-6-20(16)7-10-25(11-8-20)15-5-9-22-12-14(15)21/h5,9,12H,4,6-8,10-11H2,1-3H3,(H,23,24,26). The van der Waals surface area contributed by atoms with Crippen molar-refractivity contribution in [3.05, 3.63) is 51.7 Å². The van der Waals surface area contributed by atoms with Crippen LogP contribution in [0.5, 0.6) is 0 Å². The molecule has 0 atom stereocenters. The van der Waals surface area contributed by atoms with E-state index in [1.54, 1.807) is 12.3 Å². The van der Waals surface area contributed by atoms with E-state index in [9.17, 15) is 9.18 Å². The summed E-state index contributed by atoms with van der Waals surface area (Å²) >= 11 is 0. The van der Waals surface area contributed by atoms with Gasteiger partial charge in [0.05, 0.1) is 17.6 Å². The Hall–Kier alpha value is -2.24. The predicted molar refractivity (Wildman–Crippen MR) is 99.2 cm³/mol. The van der Waals surface area contributed by atoms with Crippen LogP contribution in [0, 0.1) is 5.82 Å². The molecule has 1 aliphatic carbocycles. The number of aromatic nitrogens is 3. The second-order valence-electron chi connectivity index (χ2n) is 8.59. The summed E-state index contributed by atoms with van der Waals surface area (Å²) in [4.78, 5) is 26.4. The largest absolute Gasteiger partial charge is 0.369 e. The number of anilines is 1. The zero-order valence-electron chi connectivity index (χ0n) is 15.6. The van der Waals surface area contributed by atoms with Crippen molar-refractivity contribution in [2.45, 2.75) is 57.3 Å². The van der Waals surface area contributed by atoms with Crippen LogP contribution in [0.3, 0.4) is 0 Å². The summed E-state index contributed by atoms with van der Waals surface area (Å²) in [5.74, 6) is 0.477. The van der Waals surface area contributed by atoms with E-state index in [4.69, 9.17) is 4.98 Å². The fourth-order valence-electron chi connectivity index (χ4n) is 4.29. The van der Waals surface area contributed by atoms with E-state index in [0.29, 0.717) is 5.69 Å². The lowest BCUT2D eigenvalue weighted by Crippen LogP contribution is -2.43. The van der Waals surface area contributed by atoms with Gasteiger partial charge in [0, 0.05) is 35.7 Å². The Labute approximate surface area is 152 Å². The van der Waals surface area contributed by atoms with Crippen molar-refractivity contribution in [3.63, 3.8) is 0 Å². The molecule has 0 aromatic carbocycles. The van der Waals surface area contributed by atoms with Crippen molar-refractivity contribution in [1.82, 2.24) is 15.0 Å². The van der Waals surface area contributed by atoms with Gasteiger partial charge in [-0.15, -0.1) is 0 Å². The smallest absolute Gasteiger partial charge is 0.254 e. The highest BCUT2D eigenvalue weighted by atomic mass is 19.1. The summed E-state index contributed by atoms with van der Waals surface area (Å²) in [5, 5.41) is 0. The Bertz CT molecular complexity index is 891. The summed E-state index contributed by atoms with van der Waals surface area (Å²) in [5.41, 5.74) is 2.21. The monoisotopic (exact) mass is 356 g/mol. The maximum absolute atomic E-state index is 14.1. The lowest BCUT2D eigenvalue weighted by atomic mass is 9.76. The lowest BCUT2D eigenvalue weighted by Gasteiger charge is -2.40. The lowest BCUT2D eigenvalue weighted by molar-refractivity contribution is 0.319. The molecule has 1 saturated heterocycles. The van der Waals surface area contributed by atoms with Crippen molar-refractivity contribution in [2.75, 3.05) is 18.0 Å². The Morgan fingerprint density at radius 2 is 1.96 bits per heavy atom. The molecule has 26 heavy (non-hydrogen) atoms. The van der Waals surface area contributed by atoms with Gasteiger partial charge in [-0.3, -0.25) is 9.78 Å². The van der Waals surface area contributed by atoms with Crippen LogP contribution in [-0.2, 0) is 17.3 Å². The predicted octanol–water partition coefficient (Wildman–Crippen LogP) is 3.09. The third-order valence-electron chi connectivity index (χ3n) is 5.89. The van der Waals surface area contributed by atoms with Crippen LogP contribution in [0.4, 0.5) is 10.1 Å². The van der Waals surface area contributed by atoms with Gasteiger partial charge in [-0.05, 0) is 31.7 Å². The summed E-state index contributed by atoms with van der Waals surface area (Å²) < 4.78 is 14.1. The zero-order chi connectivity index (χ0) is 18.5. The number of H-pyrrole nitrogens is 1. The zero-order valence-corrected chi connectivity index (χ0v) is 15.6. The second-order valence-corrected chi connectivity index (χ2v) is 8.59. The second kappa shape index (κ2) is 5.89. The van der Waals surface area contributed by atoms with Crippen LogP contribution in [0.25, 0.3) is 0 Å². The van der Waals surface area contributed by atoms with Crippen molar-refractivity contribution < 1.29 is 4.39 Å². The number of hydrogen-bond acceptors (Lipinski definition) is 4. The summed E-state index contributed by atoms with van der Waals surface area (Å²) in [7, 11) is 0. The first-order valence-corrected chi connectivity index (χ1v) is 9.29. The van der Waals surface area contributed by atoms with Gasteiger partial charge in [0.2, 0.25) is 0 Å². The van der Waals surface area contributed by atoms with Gasteiger partial charge in [-0.1, -0.05) is 20.8 Å². The summed E-state index contributed by atoms with van der Waals surface area (Å²) in [6.45, 7) is 7.72. The maximum Gasteiger partial charge on any atom is 0.254 e. The number of fused-ring (bicyclic) bond motifs is 2. The number of halogens is 1. The fourth-order valence-corrected chi connectivity index (χ4v) is 4.29. The summed E-state index contributed by atoms with van der Waals surface area (Å²) in [6.07, 6.45) is 6.42. The molecular weight excluding hydrogens is 331 g/mol. The first-order valence-electron chi connectivity index (χ1n) is 9.29. The van der Waals surface area contributed by atoms with Gasteiger partial charge < -0.3 is 9.88 Å². The number of nitrogens with one attached hydrogen (secondary N) is 1. The van der Waals surface area contributed by atoms with Crippen LogP contribution in [0.15, 0.2) is 23.3 Å². The van der Waals surface area contributed by atoms with Crippen LogP contribution >= 0.6 is 0 Å². The molecule has 3 heterocycles. The first kappa shape index (κ1) is 17.2. The molecule has 0 saturated carbocycles. The van der Waals surface area contributed by atoms with E-state index in [2.05, 4.69) is 35.6 Å².